The Kier molecular flexibility index (Phi) is 6.19. The van der Waals surface area contributed by atoms with Crippen molar-refractivity contribution in [3.63, 3.8) is 0 Å². The van der Waals surface area contributed by atoms with Gasteiger partial charge in [0.05, 0.1) is 5.57 Å². The summed E-state index contributed by atoms with van der Waals surface area (Å²) in [5.74, 6) is 0.838. The minimum absolute atomic E-state index is 0.0215. The Labute approximate surface area is 152 Å². The average molecular weight is 362 g/mol. The van der Waals surface area contributed by atoms with Crippen LogP contribution in [-0.4, -0.2) is 39.9 Å². The second kappa shape index (κ2) is 8.15. The van der Waals surface area contributed by atoms with E-state index in [1.807, 2.05) is 39.8 Å². The molecule has 1 aliphatic heterocycles. The predicted molar refractivity (Wildman–Crippen MR) is 104 cm³/mol. The van der Waals surface area contributed by atoms with Gasteiger partial charge in [0, 0.05) is 37.8 Å². The van der Waals surface area contributed by atoms with Crippen LogP contribution < -0.4 is 5.73 Å². The third-order valence-corrected chi connectivity index (χ3v) is 4.34. The van der Waals surface area contributed by atoms with Crippen LogP contribution in [-0.2, 0) is 0 Å². The third-order valence-electron chi connectivity index (χ3n) is 3.95. The lowest BCUT2D eigenvalue weighted by molar-refractivity contribution is 0.512. The lowest BCUT2D eigenvalue weighted by Crippen LogP contribution is -2.21. The van der Waals surface area contributed by atoms with E-state index in [9.17, 15) is 3.89 Å². The zero-order valence-corrected chi connectivity index (χ0v) is 15.9. The lowest BCUT2D eigenvalue weighted by Gasteiger charge is -2.18. The second-order valence-electron chi connectivity index (χ2n) is 5.90. The van der Waals surface area contributed by atoms with Crippen molar-refractivity contribution in [1.29, 1.82) is 0 Å². The van der Waals surface area contributed by atoms with Gasteiger partial charge in [0.15, 0.2) is 18.2 Å². The number of rotatable bonds is 5. The number of aromatic nitrogens is 1. The van der Waals surface area contributed by atoms with E-state index in [4.69, 9.17) is 5.73 Å². The van der Waals surface area contributed by atoms with Gasteiger partial charge in [-0.1, -0.05) is 12.5 Å². The summed E-state index contributed by atoms with van der Waals surface area (Å²) in [6.07, 6.45) is 4.24. The van der Waals surface area contributed by atoms with E-state index in [0.717, 1.165) is 28.8 Å². The predicted octanol–water partition coefficient (Wildman–Crippen LogP) is 3.76. The molecule has 1 aromatic heterocycles. The number of nitrogen functional groups attached to an aromatic ring is 1. The maximum atomic E-state index is 13.5. The van der Waals surface area contributed by atoms with Crippen molar-refractivity contribution in [3.05, 3.63) is 46.9 Å². The summed E-state index contributed by atoms with van der Waals surface area (Å²) in [6, 6.07) is 3.52. The Morgan fingerprint density at radius 2 is 2.16 bits per heavy atom. The number of hydrogen-bond acceptors (Lipinski definition) is 6. The van der Waals surface area contributed by atoms with Crippen LogP contribution in [0.15, 0.2) is 51.5 Å². The molecule has 1 aromatic rings. The monoisotopic (exact) mass is 362 g/mol. The van der Waals surface area contributed by atoms with Gasteiger partial charge in [0.1, 0.15) is 11.5 Å². The number of amidine groups is 1. The zero-order chi connectivity index (χ0) is 18.6. The highest BCUT2D eigenvalue weighted by Crippen LogP contribution is 2.30. The summed E-state index contributed by atoms with van der Waals surface area (Å²) in [5, 5.41) is 4.40. The topological polar surface area (TPSA) is 70.1 Å². The molecule has 0 saturated carbocycles. The van der Waals surface area contributed by atoms with Gasteiger partial charge in [-0.2, -0.15) is 9.52 Å². The van der Waals surface area contributed by atoms with Crippen molar-refractivity contribution in [3.8, 4) is 0 Å². The first-order valence-corrected chi connectivity index (χ1v) is 8.58. The number of halogens is 1. The molecule has 0 atom stereocenters. The molecule has 0 spiro atoms. The summed E-state index contributed by atoms with van der Waals surface area (Å²) in [6.45, 7) is 5.99. The Morgan fingerprint density at radius 1 is 1.44 bits per heavy atom. The molecule has 6 nitrogen and oxygen atoms in total. The number of pyridine rings is 1. The van der Waals surface area contributed by atoms with Crippen molar-refractivity contribution in [1.82, 2.24) is 14.3 Å². The summed E-state index contributed by atoms with van der Waals surface area (Å²) in [5.41, 5.74) is 9.97. The Morgan fingerprint density at radius 3 is 2.72 bits per heavy atom. The number of hydrogen-bond donors (Lipinski definition) is 1. The fourth-order valence-electron chi connectivity index (χ4n) is 2.17. The SMILES string of the molecule is CC/C(C)=C/N=C1/C(=C(\C)N(C)C)C(c2ccnc(N)c2)=NN1SF. The third kappa shape index (κ3) is 4.19. The van der Waals surface area contributed by atoms with E-state index < -0.39 is 0 Å². The van der Waals surface area contributed by atoms with Gasteiger partial charge in [-0.15, -0.1) is 3.89 Å². The first kappa shape index (κ1) is 19.0. The maximum absolute atomic E-state index is 13.5. The highest BCUT2D eigenvalue weighted by Gasteiger charge is 2.32. The summed E-state index contributed by atoms with van der Waals surface area (Å²) in [4.78, 5) is 10.5. The molecule has 0 radical (unpaired) electrons. The molecule has 1 aliphatic rings. The fraction of sp³-hybridized carbons (Fsp3) is 0.353. The first-order valence-electron chi connectivity index (χ1n) is 7.90. The number of nitrogens with zero attached hydrogens (tertiary/aromatic N) is 5. The Bertz CT molecular complexity index is 766. The number of allylic oxidation sites excluding steroid dienone is 2. The molecule has 2 N–H and O–H groups in total. The maximum Gasteiger partial charge on any atom is 0.189 e. The van der Waals surface area contributed by atoms with Gasteiger partial charge in [0.25, 0.3) is 0 Å². The standard InChI is InChI=1S/C17H23FN6S/c1-6-11(2)10-21-17-15(12(3)23(4)5)16(22-24(17)25-18)13-7-8-20-14(19)9-13/h7-10H,6H2,1-5H3,(H2,19,20)/b11-10+,15-12+,21-17-. The second-order valence-corrected chi connectivity index (χ2v) is 6.38. The van der Waals surface area contributed by atoms with Crippen LogP contribution in [0.3, 0.4) is 0 Å². The molecule has 0 saturated heterocycles. The van der Waals surface area contributed by atoms with Gasteiger partial charge in [-0.25, -0.2) is 9.98 Å². The zero-order valence-electron chi connectivity index (χ0n) is 15.1. The van der Waals surface area contributed by atoms with Crippen molar-refractivity contribution < 1.29 is 3.89 Å². The first-order chi connectivity index (χ1) is 11.9. The largest absolute Gasteiger partial charge is 0.384 e. The van der Waals surface area contributed by atoms with Crippen LogP contribution in [0, 0.1) is 0 Å². The van der Waals surface area contributed by atoms with Crippen molar-refractivity contribution in [2.24, 2.45) is 10.1 Å². The van der Waals surface area contributed by atoms with Crippen molar-refractivity contribution >= 4 is 29.7 Å². The number of anilines is 1. The van der Waals surface area contributed by atoms with E-state index in [2.05, 4.69) is 15.1 Å². The van der Waals surface area contributed by atoms with Gasteiger partial charge >= 0.3 is 0 Å². The van der Waals surface area contributed by atoms with Crippen molar-refractivity contribution in [2.75, 3.05) is 19.8 Å². The number of aliphatic imine (C=N–C) groups is 1. The molecule has 2 heterocycles. The van der Waals surface area contributed by atoms with Gasteiger partial charge in [0.2, 0.25) is 0 Å². The Hall–Kier alpha value is -2.35. The normalized spacial score (nSPS) is 18.6. The summed E-state index contributed by atoms with van der Waals surface area (Å²) >= 11 is 0.0215. The highest BCUT2D eigenvalue weighted by molar-refractivity contribution is 7.92. The van der Waals surface area contributed by atoms with E-state index >= 15 is 0 Å². The minimum Gasteiger partial charge on any atom is -0.384 e. The molecule has 25 heavy (non-hydrogen) atoms. The molecule has 8 heteroatoms. The molecular weight excluding hydrogens is 339 g/mol. The van der Waals surface area contributed by atoms with Crippen LogP contribution in [0.25, 0.3) is 0 Å². The van der Waals surface area contributed by atoms with Crippen LogP contribution in [0.1, 0.15) is 32.8 Å². The molecule has 0 bridgehead atoms. The van der Waals surface area contributed by atoms with E-state index in [1.54, 1.807) is 24.5 Å². The van der Waals surface area contributed by atoms with Gasteiger partial charge < -0.3 is 10.6 Å². The summed E-state index contributed by atoms with van der Waals surface area (Å²) in [7, 11) is 3.85. The molecule has 0 aliphatic carbocycles. The lowest BCUT2D eigenvalue weighted by atomic mass is 10.0. The van der Waals surface area contributed by atoms with Crippen molar-refractivity contribution in [2.45, 2.75) is 27.2 Å². The van der Waals surface area contributed by atoms with Gasteiger partial charge in [-0.3, -0.25) is 0 Å². The molecule has 0 amide bonds. The minimum atomic E-state index is 0.0215. The highest BCUT2D eigenvalue weighted by atomic mass is 32.2. The van der Waals surface area contributed by atoms with E-state index in [1.165, 1.54) is 4.41 Å². The number of hydrazone groups is 1. The molecular formula is C17H23FN6S. The van der Waals surface area contributed by atoms with Gasteiger partial charge in [-0.05, 0) is 32.4 Å². The molecule has 0 unspecified atom stereocenters. The smallest absolute Gasteiger partial charge is 0.189 e. The van der Waals surface area contributed by atoms with Crippen LogP contribution in [0.4, 0.5) is 9.70 Å². The number of nitrogens with two attached hydrogens (primary N) is 1. The quantitative estimate of drug-likeness (QED) is 0.808. The fourth-order valence-corrected chi connectivity index (χ4v) is 2.49. The molecule has 2 rings (SSSR count). The van der Waals surface area contributed by atoms with Crippen LogP contribution >= 0.6 is 12.3 Å². The summed E-state index contributed by atoms with van der Waals surface area (Å²) < 4.78 is 14.7. The van der Waals surface area contributed by atoms with E-state index in [-0.39, 0.29) is 12.3 Å². The van der Waals surface area contributed by atoms with E-state index in [0.29, 0.717) is 17.4 Å². The molecule has 0 fully saturated rings. The molecule has 0 aromatic carbocycles. The molecule has 134 valence electrons. The van der Waals surface area contributed by atoms with Crippen LogP contribution in [0.5, 0.6) is 0 Å². The Balaban J connectivity index is 2.65. The van der Waals surface area contributed by atoms with Crippen LogP contribution in [0.2, 0.25) is 0 Å². The average Bonchev–Trinajstić information content (AvgIpc) is 2.97.